The number of carbonyl (C=O) groups excluding carboxylic acids is 1. The molecule has 0 fully saturated rings. The zero-order chi connectivity index (χ0) is 23.3. The maximum absolute atomic E-state index is 12.7. The number of hydrogen-bond donors (Lipinski definition) is 1. The standard InChI is InChI=1S/C25H19Cl3N2O2/c1-15-7-8-19(26)13-23(15)30-25(31)18(14-29)9-16-10-22(28)20(24(11-16)32-2)12-17-5-3-4-6-21(17)27/h3-11,13H,12H2,1-2H3,(H,30,31)/b18-9+. The molecule has 1 N–H and O–H groups in total. The molecule has 0 saturated carbocycles. The highest BCUT2D eigenvalue weighted by Gasteiger charge is 2.15. The molecule has 0 saturated heterocycles. The summed E-state index contributed by atoms with van der Waals surface area (Å²) in [6.07, 6.45) is 1.94. The molecule has 4 nitrogen and oxygen atoms in total. The van der Waals surface area contributed by atoms with Crippen molar-refractivity contribution in [2.75, 3.05) is 12.4 Å². The van der Waals surface area contributed by atoms with Gasteiger partial charge in [-0.15, -0.1) is 0 Å². The summed E-state index contributed by atoms with van der Waals surface area (Å²) in [5, 5.41) is 13.8. The molecule has 7 heteroatoms. The van der Waals surface area contributed by atoms with Crippen molar-refractivity contribution in [3.63, 3.8) is 0 Å². The molecular formula is C25H19Cl3N2O2. The molecule has 0 radical (unpaired) electrons. The Hall–Kier alpha value is -2.97. The van der Waals surface area contributed by atoms with Crippen molar-refractivity contribution in [1.82, 2.24) is 0 Å². The molecule has 3 aromatic carbocycles. The highest BCUT2D eigenvalue weighted by atomic mass is 35.5. The van der Waals surface area contributed by atoms with Crippen molar-refractivity contribution in [3.8, 4) is 11.8 Å². The van der Waals surface area contributed by atoms with Crippen LogP contribution in [0.5, 0.6) is 5.75 Å². The van der Waals surface area contributed by atoms with E-state index in [4.69, 9.17) is 39.5 Å². The summed E-state index contributed by atoms with van der Waals surface area (Å²) < 4.78 is 5.52. The molecule has 0 bridgehead atoms. The van der Waals surface area contributed by atoms with Crippen LogP contribution in [0.3, 0.4) is 0 Å². The number of benzene rings is 3. The van der Waals surface area contributed by atoms with E-state index in [1.54, 1.807) is 30.3 Å². The molecule has 0 spiro atoms. The summed E-state index contributed by atoms with van der Waals surface area (Å²) in [5.41, 5.74) is 3.51. The number of aryl methyl sites for hydroxylation is 1. The van der Waals surface area contributed by atoms with Gasteiger partial charge < -0.3 is 10.1 Å². The molecule has 0 aliphatic rings. The number of amides is 1. The first kappa shape index (κ1) is 23.7. The van der Waals surface area contributed by atoms with Gasteiger partial charge in [0.2, 0.25) is 0 Å². The zero-order valence-electron chi connectivity index (χ0n) is 17.4. The predicted octanol–water partition coefficient (Wildman–Crippen LogP) is 7.10. The van der Waals surface area contributed by atoms with Gasteiger partial charge in [-0.1, -0.05) is 59.1 Å². The Morgan fingerprint density at radius 2 is 1.84 bits per heavy atom. The van der Waals surface area contributed by atoms with Gasteiger partial charge >= 0.3 is 0 Å². The summed E-state index contributed by atoms with van der Waals surface area (Å²) in [6.45, 7) is 1.84. The third kappa shape index (κ3) is 5.63. The van der Waals surface area contributed by atoms with E-state index in [1.165, 1.54) is 13.2 Å². The van der Waals surface area contributed by atoms with E-state index in [0.717, 1.165) is 16.7 Å². The maximum Gasteiger partial charge on any atom is 0.266 e. The third-order valence-electron chi connectivity index (χ3n) is 4.85. The summed E-state index contributed by atoms with van der Waals surface area (Å²) in [5.74, 6) is -0.0137. The molecule has 0 aliphatic heterocycles. The molecule has 0 unspecified atom stereocenters. The average molecular weight is 486 g/mol. The monoisotopic (exact) mass is 484 g/mol. The molecular weight excluding hydrogens is 467 g/mol. The molecule has 3 rings (SSSR count). The third-order valence-corrected chi connectivity index (χ3v) is 5.79. The smallest absolute Gasteiger partial charge is 0.266 e. The Labute approximate surface area is 202 Å². The minimum absolute atomic E-state index is 0.0821. The van der Waals surface area contributed by atoms with Gasteiger partial charge in [0.15, 0.2) is 0 Å². The molecule has 1 amide bonds. The van der Waals surface area contributed by atoms with Gasteiger partial charge in [-0.05, 0) is 60.0 Å². The molecule has 32 heavy (non-hydrogen) atoms. The molecule has 0 aromatic heterocycles. The number of ether oxygens (including phenoxy) is 1. The summed E-state index contributed by atoms with van der Waals surface area (Å²) in [4.78, 5) is 12.7. The number of nitriles is 1. The van der Waals surface area contributed by atoms with E-state index in [2.05, 4.69) is 5.32 Å². The Balaban J connectivity index is 1.91. The average Bonchev–Trinajstić information content (AvgIpc) is 2.77. The minimum Gasteiger partial charge on any atom is -0.496 e. The van der Waals surface area contributed by atoms with Crippen molar-refractivity contribution in [3.05, 3.63) is 97.5 Å². The van der Waals surface area contributed by atoms with Crippen LogP contribution in [0.2, 0.25) is 15.1 Å². The fraction of sp³-hybridized carbons (Fsp3) is 0.120. The second-order valence-electron chi connectivity index (χ2n) is 7.03. The van der Waals surface area contributed by atoms with Gasteiger partial charge in [0.05, 0.1) is 7.11 Å². The van der Waals surface area contributed by atoms with Crippen LogP contribution in [0.4, 0.5) is 5.69 Å². The van der Waals surface area contributed by atoms with Gasteiger partial charge in [-0.25, -0.2) is 0 Å². The fourth-order valence-corrected chi connectivity index (χ4v) is 3.79. The van der Waals surface area contributed by atoms with Crippen LogP contribution in [0.15, 0.2) is 60.2 Å². The van der Waals surface area contributed by atoms with E-state index in [1.807, 2.05) is 37.3 Å². The highest BCUT2D eigenvalue weighted by molar-refractivity contribution is 6.32. The number of nitrogens with zero attached hydrogens (tertiary/aromatic N) is 1. The Morgan fingerprint density at radius 1 is 1.09 bits per heavy atom. The topological polar surface area (TPSA) is 62.1 Å². The SMILES string of the molecule is COc1cc(/C=C(\C#N)C(=O)Nc2cc(Cl)ccc2C)cc(Cl)c1Cc1ccccc1Cl. The summed E-state index contributed by atoms with van der Waals surface area (Å²) >= 11 is 18.8. The van der Waals surface area contributed by atoms with Crippen molar-refractivity contribution in [2.24, 2.45) is 0 Å². The van der Waals surface area contributed by atoms with Crippen LogP contribution < -0.4 is 10.1 Å². The van der Waals surface area contributed by atoms with Crippen LogP contribution in [0.25, 0.3) is 6.08 Å². The van der Waals surface area contributed by atoms with Crippen LogP contribution in [0.1, 0.15) is 22.3 Å². The first-order valence-electron chi connectivity index (χ1n) is 9.61. The maximum atomic E-state index is 12.7. The fourth-order valence-electron chi connectivity index (χ4n) is 3.13. The molecule has 0 aliphatic carbocycles. The Morgan fingerprint density at radius 3 is 2.53 bits per heavy atom. The number of methoxy groups -OCH3 is 1. The van der Waals surface area contributed by atoms with Crippen molar-refractivity contribution in [1.29, 1.82) is 5.26 Å². The predicted molar refractivity (Wildman–Crippen MR) is 131 cm³/mol. The highest BCUT2D eigenvalue weighted by Crippen LogP contribution is 2.33. The van der Waals surface area contributed by atoms with Gasteiger partial charge in [0.25, 0.3) is 5.91 Å². The van der Waals surface area contributed by atoms with Crippen LogP contribution in [-0.4, -0.2) is 13.0 Å². The lowest BCUT2D eigenvalue weighted by Gasteiger charge is -2.13. The number of hydrogen-bond acceptors (Lipinski definition) is 3. The largest absolute Gasteiger partial charge is 0.496 e. The lowest BCUT2D eigenvalue weighted by molar-refractivity contribution is -0.112. The Kier molecular flexibility index (Phi) is 7.82. The zero-order valence-corrected chi connectivity index (χ0v) is 19.6. The van der Waals surface area contributed by atoms with Gasteiger partial charge in [0, 0.05) is 32.7 Å². The molecule has 162 valence electrons. The lowest BCUT2D eigenvalue weighted by atomic mass is 10.0. The number of halogens is 3. The molecule has 0 heterocycles. The van der Waals surface area contributed by atoms with Gasteiger partial charge in [-0.3, -0.25) is 4.79 Å². The number of carbonyl (C=O) groups is 1. The summed E-state index contributed by atoms with van der Waals surface area (Å²) in [7, 11) is 1.54. The van der Waals surface area contributed by atoms with E-state index < -0.39 is 5.91 Å². The quantitative estimate of drug-likeness (QED) is 0.299. The number of rotatable bonds is 6. The normalized spacial score (nSPS) is 11.1. The van der Waals surface area contributed by atoms with E-state index in [0.29, 0.717) is 38.5 Å². The molecule has 0 atom stereocenters. The first-order chi connectivity index (χ1) is 15.3. The number of anilines is 1. The second kappa shape index (κ2) is 10.6. The Bertz CT molecular complexity index is 1250. The molecule has 3 aromatic rings. The van der Waals surface area contributed by atoms with Gasteiger partial charge in [-0.2, -0.15) is 5.26 Å². The lowest BCUT2D eigenvalue weighted by Crippen LogP contribution is -2.14. The van der Waals surface area contributed by atoms with E-state index >= 15 is 0 Å². The van der Waals surface area contributed by atoms with Crippen LogP contribution >= 0.6 is 34.8 Å². The van der Waals surface area contributed by atoms with Crippen molar-refractivity contribution in [2.45, 2.75) is 13.3 Å². The van der Waals surface area contributed by atoms with Crippen LogP contribution in [0, 0.1) is 18.3 Å². The minimum atomic E-state index is -0.548. The van der Waals surface area contributed by atoms with Crippen molar-refractivity contribution >= 4 is 52.5 Å². The summed E-state index contributed by atoms with van der Waals surface area (Å²) in [6, 6.07) is 18.0. The first-order valence-corrected chi connectivity index (χ1v) is 10.7. The van der Waals surface area contributed by atoms with Crippen molar-refractivity contribution < 1.29 is 9.53 Å². The van der Waals surface area contributed by atoms with E-state index in [-0.39, 0.29) is 5.57 Å². The van der Waals surface area contributed by atoms with Crippen LogP contribution in [-0.2, 0) is 11.2 Å². The van der Waals surface area contributed by atoms with E-state index in [9.17, 15) is 10.1 Å². The second-order valence-corrected chi connectivity index (χ2v) is 8.29. The van der Waals surface area contributed by atoms with Gasteiger partial charge in [0.1, 0.15) is 17.4 Å². The number of nitrogens with one attached hydrogen (secondary N) is 1.